The molecule has 0 aliphatic carbocycles. The molecule has 0 unspecified atom stereocenters. The number of aromatic nitrogens is 1. The Hall–Kier alpha value is -2.91. The molecule has 2 aromatic rings. The van der Waals surface area contributed by atoms with Crippen molar-refractivity contribution >= 4 is 17.3 Å². The van der Waals surface area contributed by atoms with Crippen molar-refractivity contribution < 1.29 is 9.90 Å². The Morgan fingerprint density at radius 2 is 2.12 bits per heavy atom. The average molecular weight is 336 g/mol. The highest BCUT2D eigenvalue weighted by Crippen LogP contribution is 2.27. The van der Waals surface area contributed by atoms with Crippen LogP contribution in [0.15, 0.2) is 36.5 Å². The molecule has 6 nitrogen and oxygen atoms in total. The summed E-state index contributed by atoms with van der Waals surface area (Å²) in [7, 11) is 0. The molecule has 0 bridgehead atoms. The molecule has 0 atom stereocenters. The van der Waals surface area contributed by atoms with Crippen molar-refractivity contribution in [3.05, 3.63) is 53.3 Å². The summed E-state index contributed by atoms with van der Waals surface area (Å²) in [4.78, 5) is 18.6. The van der Waals surface area contributed by atoms with E-state index in [-0.39, 0.29) is 12.0 Å². The van der Waals surface area contributed by atoms with Gasteiger partial charge in [0.1, 0.15) is 6.07 Å². The molecule has 0 saturated carbocycles. The van der Waals surface area contributed by atoms with E-state index < -0.39 is 0 Å². The van der Waals surface area contributed by atoms with Gasteiger partial charge < -0.3 is 15.3 Å². The number of anilines is 2. The second-order valence-electron chi connectivity index (χ2n) is 6.15. The molecule has 1 aromatic carbocycles. The van der Waals surface area contributed by atoms with Crippen molar-refractivity contribution in [2.24, 2.45) is 0 Å². The van der Waals surface area contributed by atoms with Gasteiger partial charge in [0.15, 0.2) is 0 Å². The summed E-state index contributed by atoms with van der Waals surface area (Å²) in [5.41, 5.74) is 3.09. The van der Waals surface area contributed by atoms with E-state index in [0.29, 0.717) is 35.3 Å². The van der Waals surface area contributed by atoms with Gasteiger partial charge in [-0.05, 0) is 50.1 Å². The zero-order chi connectivity index (χ0) is 17.8. The summed E-state index contributed by atoms with van der Waals surface area (Å²) in [5.74, 6) is -0.247. The Labute approximate surface area is 146 Å². The fourth-order valence-corrected chi connectivity index (χ4v) is 3.01. The van der Waals surface area contributed by atoms with Crippen molar-refractivity contribution in [3.8, 4) is 6.07 Å². The largest absolute Gasteiger partial charge is 0.393 e. The van der Waals surface area contributed by atoms with Crippen LogP contribution >= 0.6 is 0 Å². The number of nitrogens with one attached hydrogen (secondary N) is 1. The second-order valence-corrected chi connectivity index (χ2v) is 6.15. The van der Waals surface area contributed by atoms with E-state index >= 15 is 0 Å². The van der Waals surface area contributed by atoms with Crippen LogP contribution in [0.2, 0.25) is 0 Å². The third-order valence-corrected chi connectivity index (χ3v) is 4.43. The van der Waals surface area contributed by atoms with Crippen LogP contribution < -0.4 is 10.2 Å². The van der Waals surface area contributed by atoms with Crippen LogP contribution in [0.25, 0.3) is 0 Å². The number of carbonyl (C=O) groups excluding carboxylic acids is 1. The third-order valence-electron chi connectivity index (χ3n) is 4.43. The van der Waals surface area contributed by atoms with Gasteiger partial charge in [0, 0.05) is 30.7 Å². The third kappa shape index (κ3) is 3.78. The molecule has 0 spiro atoms. The summed E-state index contributed by atoms with van der Waals surface area (Å²) in [6.07, 6.45) is 2.78. The minimum atomic E-state index is -0.261. The lowest BCUT2D eigenvalue weighted by atomic mass is 10.0. The molecule has 1 aliphatic rings. The SMILES string of the molecule is Cc1ncccc1C(=O)Nc1ccc(N2CCC(O)CC2)c(C#N)c1. The van der Waals surface area contributed by atoms with Gasteiger partial charge in [0.25, 0.3) is 5.91 Å². The van der Waals surface area contributed by atoms with Gasteiger partial charge in [-0.3, -0.25) is 9.78 Å². The maximum atomic E-state index is 12.4. The van der Waals surface area contributed by atoms with Crippen molar-refractivity contribution in [1.82, 2.24) is 4.98 Å². The van der Waals surface area contributed by atoms with Gasteiger partial charge in [-0.1, -0.05) is 0 Å². The van der Waals surface area contributed by atoms with Crippen molar-refractivity contribution in [3.63, 3.8) is 0 Å². The van der Waals surface area contributed by atoms with E-state index in [2.05, 4.69) is 21.3 Å². The number of amides is 1. The highest BCUT2D eigenvalue weighted by atomic mass is 16.3. The van der Waals surface area contributed by atoms with Crippen molar-refractivity contribution in [2.75, 3.05) is 23.3 Å². The van der Waals surface area contributed by atoms with Crippen molar-refractivity contribution in [1.29, 1.82) is 5.26 Å². The summed E-state index contributed by atoms with van der Waals surface area (Å²) < 4.78 is 0. The summed E-state index contributed by atoms with van der Waals surface area (Å²) in [5, 5.41) is 21.9. The number of benzene rings is 1. The summed E-state index contributed by atoms with van der Waals surface area (Å²) in [6.45, 7) is 3.22. The molecule has 0 radical (unpaired) electrons. The van der Waals surface area contributed by atoms with Crippen LogP contribution in [0, 0.1) is 18.3 Å². The number of rotatable bonds is 3. The van der Waals surface area contributed by atoms with Crippen LogP contribution in [-0.4, -0.2) is 35.2 Å². The Balaban J connectivity index is 1.79. The molecule has 3 rings (SSSR count). The van der Waals surface area contributed by atoms with E-state index in [9.17, 15) is 15.2 Å². The minimum Gasteiger partial charge on any atom is -0.393 e. The zero-order valence-electron chi connectivity index (χ0n) is 14.1. The number of nitriles is 1. The van der Waals surface area contributed by atoms with E-state index in [4.69, 9.17) is 0 Å². The Kier molecular flexibility index (Phi) is 4.96. The number of carbonyl (C=O) groups is 1. The lowest BCUT2D eigenvalue weighted by Crippen LogP contribution is -2.36. The fourth-order valence-electron chi connectivity index (χ4n) is 3.01. The predicted octanol–water partition coefficient (Wildman–Crippen LogP) is 2.48. The molecule has 1 amide bonds. The standard InChI is InChI=1S/C19H20N4O2/c1-13-17(3-2-8-21-13)19(25)22-15-4-5-18(14(11-15)12-20)23-9-6-16(24)7-10-23/h2-5,8,11,16,24H,6-7,9-10H2,1H3,(H,22,25). The smallest absolute Gasteiger partial charge is 0.257 e. The number of hydrogen-bond acceptors (Lipinski definition) is 5. The topological polar surface area (TPSA) is 89.2 Å². The summed E-state index contributed by atoms with van der Waals surface area (Å²) in [6, 6.07) is 11.0. The first-order chi connectivity index (χ1) is 12.1. The molecule has 2 heterocycles. The predicted molar refractivity (Wildman–Crippen MR) is 95.5 cm³/mol. The average Bonchev–Trinajstić information content (AvgIpc) is 2.62. The van der Waals surface area contributed by atoms with Crippen LogP contribution in [0.1, 0.15) is 34.5 Å². The van der Waals surface area contributed by atoms with E-state index in [1.807, 2.05) is 6.07 Å². The molecular weight excluding hydrogens is 316 g/mol. The molecule has 1 fully saturated rings. The maximum absolute atomic E-state index is 12.4. The Bertz CT molecular complexity index is 820. The van der Waals surface area contributed by atoms with Gasteiger partial charge >= 0.3 is 0 Å². The lowest BCUT2D eigenvalue weighted by molar-refractivity contribution is 0.102. The van der Waals surface area contributed by atoms with Gasteiger partial charge in [-0.15, -0.1) is 0 Å². The number of aliphatic hydroxyl groups is 1. The maximum Gasteiger partial charge on any atom is 0.257 e. The highest BCUT2D eigenvalue weighted by molar-refractivity contribution is 6.05. The lowest BCUT2D eigenvalue weighted by Gasteiger charge is -2.32. The monoisotopic (exact) mass is 336 g/mol. The molecule has 2 N–H and O–H groups in total. The summed E-state index contributed by atoms with van der Waals surface area (Å²) >= 11 is 0. The number of pyridine rings is 1. The number of piperidine rings is 1. The van der Waals surface area contributed by atoms with Crippen LogP contribution in [0.4, 0.5) is 11.4 Å². The second kappa shape index (κ2) is 7.32. The molecule has 1 saturated heterocycles. The van der Waals surface area contributed by atoms with Crippen LogP contribution in [-0.2, 0) is 0 Å². The van der Waals surface area contributed by atoms with Gasteiger partial charge in [0.2, 0.25) is 0 Å². The van der Waals surface area contributed by atoms with Gasteiger partial charge in [-0.2, -0.15) is 5.26 Å². The molecule has 128 valence electrons. The zero-order valence-corrected chi connectivity index (χ0v) is 14.1. The number of nitrogens with zero attached hydrogens (tertiary/aromatic N) is 3. The molecule has 25 heavy (non-hydrogen) atoms. The van der Waals surface area contributed by atoms with Gasteiger partial charge in [-0.25, -0.2) is 0 Å². The first-order valence-electron chi connectivity index (χ1n) is 8.28. The minimum absolute atomic E-state index is 0.247. The number of aryl methyl sites for hydroxylation is 1. The Morgan fingerprint density at radius 3 is 2.80 bits per heavy atom. The highest BCUT2D eigenvalue weighted by Gasteiger charge is 2.20. The van der Waals surface area contributed by atoms with Crippen molar-refractivity contribution in [2.45, 2.75) is 25.9 Å². The quantitative estimate of drug-likeness (QED) is 0.899. The molecule has 1 aliphatic heterocycles. The van der Waals surface area contributed by atoms with E-state index in [1.54, 1.807) is 37.4 Å². The van der Waals surface area contributed by atoms with Crippen LogP contribution in [0.3, 0.4) is 0 Å². The first kappa shape index (κ1) is 16.9. The Morgan fingerprint density at radius 1 is 1.36 bits per heavy atom. The van der Waals surface area contributed by atoms with Crippen LogP contribution in [0.5, 0.6) is 0 Å². The van der Waals surface area contributed by atoms with Gasteiger partial charge in [0.05, 0.1) is 22.9 Å². The normalized spacial score (nSPS) is 14.8. The first-order valence-corrected chi connectivity index (χ1v) is 8.28. The van der Waals surface area contributed by atoms with E-state index in [1.165, 1.54) is 0 Å². The fraction of sp³-hybridized carbons (Fsp3) is 0.316. The molecule has 1 aromatic heterocycles. The van der Waals surface area contributed by atoms with E-state index in [0.717, 1.165) is 18.8 Å². The number of hydrogen-bond donors (Lipinski definition) is 2. The number of aliphatic hydroxyl groups excluding tert-OH is 1. The molecule has 6 heteroatoms. The molecular formula is C19H20N4O2.